The second kappa shape index (κ2) is 9.63. The second-order valence-corrected chi connectivity index (χ2v) is 9.64. The van der Waals surface area contributed by atoms with Gasteiger partial charge in [-0.25, -0.2) is 18.3 Å². The third kappa shape index (κ3) is 5.06. The molecule has 0 radical (unpaired) electrons. The Morgan fingerprint density at radius 2 is 1.56 bits per heavy atom. The van der Waals surface area contributed by atoms with Crippen molar-refractivity contribution in [3.8, 4) is 11.5 Å². The van der Waals surface area contributed by atoms with Gasteiger partial charge in [0.1, 0.15) is 22.9 Å². The second-order valence-electron chi connectivity index (χ2n) is 7.51. The zero-order valence-corrected chi connectivity index (χ0v) is 17.8. The largest absolute Gasteiger partial charge is 0.480 e. The van der Waals surface area contributed by atoms with Crippen LogP contribution in [0.3, 0.4) is 0 Å². The Morgan fingerprint density at radius 1 is 1.03 bits per heavy atom. The standard InChI is InChI=1S/C21H23FN2O7S/c22-14-3-5-15(6-4-14)31-16-7-9-17(10-8-16)32(29,30)18(19(25)26)13-23-21(20(27)24-28)11-1-2-12-21/h3-10,18,23,28H,1-2,11-13H2,(H,24,27)(H,25,26). The minimum absolute atomic E-state index is 0.231. The number of ether oxygens (including phenoxy) is 1. The number of hydrogen-bond acceptors (Lipinski definition) is 7. The van der Waals surface area contributed by atoms with E-state index in [0.29, 0.717) is 31.4 Å². The summed E-state index contributed by atoms with van der Waals surface area (Å²) < 4.78 is 44.5. The molecule has 0 aliphatic heterocycles. The number of amides is 1. The summed E-state index contributed by atoms with van der Waals surface area (Å²) in [5.74, 6) is -2.09. The molecule has 1 aliphatic carbocycles. The Morgan fingerprint density at radius 3 is 2.06 bits per heavy atom. The summed E-state index contributed by atoms with van der Waals surface area (Å²) in [6.45, 7) is -0.515. The maximum absolute atomic E-state index is 13.0. The number of hydrogen-bond donors (Lipinski definition) is 4. The zero-order valence-electron chi connectivity index (χ0n) is 17.0. The molecule has 2 aromatic rings. The molecule has 0 spiro atoms. The van der Waals surface area contributed by atoms with Gasteiger partial charge < -0.3 is 15.2 Å². The molecule has 32 heavy (non-hydrogen) atoms. The molecule has 1 aliphatic rings. The number of carboxylic acids is 1. The monoisotopic (exact) mass is 466 g/mol. The van der Waals surface area contributed by atoms with E-state index in [2.05, 4.69) is 5.32 Å². The molecule has 1 fully saturated rings. The maximum atomic E-state index is 13.0. The molecule has 0 bridgehead atoms. The number of benzene rings is 2. The van der Waals surface area contributed by atoms with Crippen LogP contribution in [0.25, 0.3) is 0 Å². The molecule has 1 atom stereocenters. The van der Waals surface area contributed by atoms with Crippen LogP contribution in [-0.4, -0.2) is 47.9 Å². The van der Waals surface area contributed by atoms with Crippen LogP contribution >= 0.6 is 0 Å². The number of carbonyl (C=O) groups is 2. The summed E-state index contributed by atoms with van der Waals surface area (Å²) in [6.07, 6.45) is 2.06. The van der Waals surface area contributed by atoms with Crippen molar-refractivity contribution < 1.29 is 37.4 Å². The van der Waals surface area contributed by atoms with E-state index >= 15 is 0 Å². The molecular formula is C21H23FN2O7S. The zero-order chi connectivity index (χ0) is 23.4. The molecule has 0 heterocycles. The van der Waals surface area contributed by atoms with Crippen LogP contribution in [0.4, 0.5) is 4.39 Å². The van der Waals surface area contributed by atoms with Gasteiger partial charge in [0.25, 0.3) is 5.91 Å². The number of halogens is 1. The van der Waals surface area contributed by atoms with Gasteiger partial charge in [0.15, 0.2) is 15.1 Å². The molecule has 0 saturated heterocycles. The summed E-state index contributed by atoms with van der Waals surface area (Å²) in [5.41, 5.74) is 0.350. The Hall–Kier alpha value is -3.02. The molecule has 11 heteroatoms. The number of carbonyl (C=O) groups excluding carboxylic acids is 1. The average Bonchev–Trinajstić information content (AvgIpc) is 3.25. The van der Waals surface area contributed by atoms with Crippen molar-refractivity contribution in [2.45, 2.75) is 41.4 Å². The fourth-order valence-corrected chi connectivity index (χ4v) is 5.10. The van der Waals surface area contributed by atoms with E-state index in [1.807, 2.05) is 0 Å². The van der Waals surface area contributed by atoms with E-state index in [9.17, 15) is 27.5 Å². The van der Waals surface area contributed by atoms with Crippen molar-refractivity contribution in [2.24, 2.45) is 0 Å². The number of rotatable bonds is 9. The van der Waals surface area contributed by atoms with Crippen LogP contribution in [0.15, 0.2) is 53.4 Å². The fraction of sp³-hybridized carbons (Fsp3) is 0.333. The number of nitrogens with one attached hydrogen (secondary N) is 2. The SMILES string of the molecule is O=C(O)C(CNC1(C(=O)NO)CCCC1)S(=O)(=O)c1ccc(Oc2ccc(F)cc2)cc1. The van der Waals surface area contributed by atoms with Crippen molar-refractivity contribution in [3.05, 3.63) is 54.3 Å². The van der Waals surface area contributed by atoms with Crippen LogP contribution in [0.2, 0.25) is 0 Å². The highest BCUT2D eigenvalue weighted by molar-refractivity contribution is 7.92. The molecule has 4 N–H and O–H groups in total. The minimum Gasteiger partial charge on any atom is -0.480 e. The molecule has 3 rings (SSSR count). The Balaban J connectivity index is 1.76. The highest BCUT2D eigenvalue weighted by Gasteiger charge is 2.43. The first kappa shape index (κ1) is 23.6. The minimum atomic E-state index is -4.31. The number of sulfone groups is 1. The van der Waals surface area contributed by atoms with Gasteiger partial charge in [-0.15, -0.1) is 0 Å². The first-order valence-electron chi connectivity index (χ1n) is 9.88. The average molecular weight is 466 g/mol. The molecule has 9 nitrogen and oxygen atoms in total. The third-order valence-electron chi connectivity index (χ3n) is 5.47. The summed E-state index contributed by atoms with van der Waals surface area (Å²) >= 11 is 0. The predicted molar refractivity (Wildman–Crippen MR) is 111 cm³/mol. The van der Waals surface area contributed by atoms with E-state index in [4.69, 9.17) is 9.94 Å². The number of aliphatic carboxylic acids is 1. The van der Waals surface area contributed by atoms with Gasteiger partial charge in [-0.1, -0.05) is 12.8 Å². The molecule has 2 aromatic carbocycles. The summed E-state index contributed by atoms with van der Waals surface area (Å²) in [5, 5.41) is 19.5. The third-order valence-corrected chi connectivity index (χ3v) is 7.52. The Kier molecular flexibility index (Phi) is 7.12. The maximum Gasteiger partial charge on any atom is 0.323 e. The lowest BCUT2D eigenvalue weighted by Gasteiger charge is -2.29. The van der Waals surface area contributed by atoms with Crippen LogP contribution in [0, 0.1) is 5.82 Å². The quantitative estimate of drug-likeness (QED) is 0.326. The van der Waals surface area contributed by atoms with Gasteiger partial charge in [0.2, 0.25) is 0 Å². The van der Waals surface area contributed by atoms with Gasteiger partial charge in [-0.3, -0.25) is 14.8 Å². The van der Waals surface area contributed by atoms with Crippen LogP contribution < -0.4 is 15.5 Å². The summed E-state index contributed by atoms with van der Waals surface area (Å²) in [6, 6.07) is 10.4. The van der Waals surface area contributed by atoms with Gasteiger partial charge in [-0.05, 0) is 61.4 Å². The van der Waals surface area contributed by atoms with Gasteiger partial charge in [-0.2, -0.15) is 0 Å². The molecule has 1 amide bonds. The topological polar surface area (TPSA) is 142 Å². The van der Waals surface area contributed by atoms with E-state index in [1.54, 1.807) is 5.48 Å². The molecule has 1 saturated carbocycles. The highest BCUT2D eigenvalue weighted by Crippen LogP contribution is 2.30. The highest BCUT2D eigenvalue weighted by atomic mass is 32.2. The molecule has 1 unspecified atom stereocenters. The summed E-state index contributed by atoms with van der Waals surface area (Å²) in [7, 11) is -4.31. The van der Waals surface area contributed by atoms with Gasteiger partial charge in [0.05, 0.1) is 4.90 Å². The van der Waals surface area contributed by atoms with Crippen LogP contribution in [0.1, 0.15) is 25.7 Å². The van der Waals surface area contributed by atoms with Crippen LogP contribution in [-0.2, 0) is 19.4 Å². The smallest absolute Gasteiger partial charge is 0.323 e. The number of hydroxylamine groups is 1. The van der Waals surface area contributed by atoms with Crippen molar-refractivity contribution in [1.82, 2.24) is 10.8 Å². The first-order valence-corrected chi connectivity index (χ1v) is 11.4. The van der Waals surface area contributed by atoms with Crippen LogP contribution in [0.5, 0.6) is 11.5 Å². The Labute approximate surface area is 184 Å². The van der Waals surface area contributed by atoms with E-state index in [-0.39, 0.29) is 10.6 Å². The lowest BCUT2D eigenvalue weighted by molar-refractivity contribution is -0.138. The molecular weight excluding hydrogens is 443 g/mol. The van der Waals surface area contributed by atoms with Crippen molar-refractivity contribution in [2.75, 3.05) is 6.54 Å². The predicted octanol–water partition coefficient (Wildman–Crippen LogP) is 2.25. The lowest BCUT2D eigenvalue weighted by Crippen LogP contribution is -2.57. The van der Waals surface area contributed by atoms with Crippen molar-refractivity contribution >= 4 is 21.7 Å². The first-order chi connectivity index (χ1) is 15.2. The van der Waals surface area contributed by atoms with E-state index in [0.717, 1.165) is 0 Å². The Bertz CT molecular complexity index is 1070. The number of carboxylic acid groups (broad SMARTS) is 1. The normalized spacial score (nSPS) is 16.3. The van der Waals surface area contributed by atoms with Gasteiger partial charge in [0, 0.05) is 6.54 Å². The lowest BCUT2D eigenvalue weighted by atomic mass is 9.96. The summed E-state index contributed by atoms with van der Waals surface area (Å²) in [4.78, 5) is 23.6. The van der Waals surface area contributed by atoms with E-state index in [1.165, 1.54) is 48.5 Å². The van der Waals surface area contributed by atoms with E-state index < -0.39 is 44.9 Å². The molecule has 172 valence electrons. The molecule has 0 aromatic heterocycles. The van der Waals surface area contributed by atoms with Gasteiger partial charge >= 0.3 is 5.97 Å². The van der Waals surface area contributed by atoms with Crippen molar-refractivity contribution in [1.29, 1.82) is 0 Å². The fourth-order valence-electron chi connectivity index (χ4n) is 3.69. The van der Waals surface area contributed by atoms with Crippen molar-refractivity contribution in [3.63, 3.8) is 0 Å².